The molecule has 2 amide bonds. The number of rotatable bonds is 8. The fraction of sp³-hybridized carbons (Fsp3) is 0.510. The third kappa shape index (κ3) is 7.35. The zero-order valence-corrected chi connectivity index (χ0v) is 36.6. The van der Waals surface area contributed by atoms with Crippen molar-refractivity contribution in [2.75, 3.05) is 75.4 Å². The number of aromatic nitrogens is 1. The Morgan fingerprint density at radius 1 is 0.985 bits per heavy atom. The quantitative estimate of drug-likeness (QED) is 0.180. The van der Waals surface area contributed by atoms with Gasteiger partial charge in [-0.15, -0.1) is 0 Å². The monoisotopic (exact) mass is 897 g/mol. The number of hydrogen-bond donors (Lipinski definition) is 3. The molecule has 7 aliphatic heterocycles. The Bertz CT molecular complexity index is 2560. The number of halogens is 4. The van der Waals surface area contributed by atoms with Crippen molar-refractivity contribution in [1.29, 1.82) is 0 Å². The second kappa shape index (κ2) is 16.0. The van der Waals surface area contributed by atoms with E-state index < -0.39 is 48.8 Å². The third-order valence-electron chi connectivity index (χ3n) is 15.4. The number of fused-ring (bicyclic) bond motifs is 8. The van der Waals surface area contributed by atoms with E-state index >= 15 is 8.78 Å². The molecule has 0 bridgehead atoms. The number of amides is 2. The van der Waals surface area contributed by atoms with Gasteiger partial charge >= 0.3 is 0 Å². The lowest BCUT2D eigenvalue weighted by Crippen LogP contribution is -2.58. The number of H-pyrrole nitrogens is 1. The van der Waals surface area contributed by atoms with Gasteiger partial charge in [0.05, 0.1) is 43.1 Å². The van der Waals surface area contributed by atoms with Crippen molar-refractivity contribution < 1.29 is 41.7 Å². The number of carbonyl (C=O) groups excluding carboxylic acids is 2. The fourth-order valence-electron chi connectivity index (χ4n) is 12.1. The highest BCUT2D eigenvalue weighted by Gasteiger charge is 2.47. The van der Waals surface area contributed by atoms with E-state index in [1.54, 1.807) is 11.8 Å². The zero-order chi connectivity index (χ0) is 44.9. The second-order valence-electron chi connectivity index (χ2n) is 19.5. The number of nitrogens with one attached hydrogen (secondary N) is 2. The van der Waals surface area contributed by atoms with E-state index in [0.29, 0.717) is 93.5 Å². The number of anilines is 2. The van der Waals surface area contributed by atoms with Crippen molar-refractivity contribution in [1.82, 2.24) is 25.0 Å². The molecule has 65 heavy (non-hydrogen) atoms. The van der Waals surface area contributed by atoms with Gasteiger partial charge in [0.1, 0.15) is 36.6 Å². The summed E-state index contributed by atoms with van der Waals surface area (Å²) in [4.78, 5) is 39.5. The summed E-state index contributed by atoms with van der Waals surface area (Å²) < 4.78 is 75.7. The Balaban J connectivity index is 0.729. The molecule has 4 aromatic rings. The summed E-state index contributed by atoms with van der Waals surface area (Å²) in [5, 5.41) is 13.2. The number of allylic oxidation sites excluding steroid dienone is 1. The van der Waals surface area contributed by atoms with Crippen molar-refractivity contribution in [3.05, 3.63) is 100 Å². The first-order valence-electron chi connectivity index (χ1n) is 23.1. The number of nitrogens with zero attached hydrogens (tertiary/aromatic N) is 5. The normalized spacial score (nSPS) is 26.9. The van der Waals surface area contributed by atoms with E-state index in [1.807, 2.05) is 41.3 Å². The molecule has 1 spiro atoms. The number of aliphatic hydroxyl groups is 1. The molecule has 2 unspecified atom stereocenters. The smallest absolute Gasteiger partial charge is 0.283 e. The topological polar surface area (TPSA) is 117 Å². The van der Waals surface area contributed by atoms with Crippen molar-refractivity contribution in [2.24, 2.45) is 5.92 Å². The highest BCUT2D eigenvalue weighted by Crippen LogP contribution is 2.47. The molecule has 5 atom stereocenters. The second-order valence-corrected chi connectivity index (χ2v) is 19.5. The van der Waals surface area contributed by atoms with Crippen LogP contribution in [0.1, 0.15) is 77.8 Å². The lowest BCUT2D eigenvalue weighted by Gasteiger charge is -2.46. The van der Waals surface area contributed by atoms with Gasteiger partial charge < -0.3 is 39.6 Å². The van der Waals surface area contributed by atoms with Crippen molar-refractivity contribution in [2.45, 2.75) is 87.7 Å². The Hall–Kier alpha value is -5.16. The van der Waals surface area contributed by atoms with Crippen LogP contribution in [-0.2, 0) is 22.5 Å². The van der Waals surface area contributed by atoms with Gasteiger partial charge in [0.2, 0.25) is 5.91 Å². The van der Waals surface area contributed by atoms with E-state index in [9.17, 15) is 23.5 Å². The number of piperazine rings is 1. The molecule has 16 heteroatoms. The van der Waals surface area contributed by atoms with Crippen LogP contribution < -0.4 is 19.9 Å². The number of piperidine rings is 2. The highest BCUT2D eigenvalue weighted by molar-refractivity contribution is 6.03. The lowest BCUT2D eigenvalue weighted by molar-refractivity contribution is -0.126. The fourth-order valence-corrected chi connectivity index (χ4v) is 12.1. The minimum atomic E-state index is -3.47. The minimum absolute atomic E-state index is 0.138. The van der Waals surface area contributed by atoms with Gasteiger partial charge in [-0.1, -0.05) is 24.8 Å². The average molecular weight is 898 g/mol. The van der Waals surface area contributed by atoms with Crippen LogP contribution in [0.5, 0.6) is 5.75 Å². The molecule has 4 saturated heterocycles. The predicted molar refractivity (Wildman–Crippen MR) is 236 cm³/mol. The third-order valence-corrected chi connectivity index (χ3v) is 15.4. The average Bonchev–Trinajstić information content (AvgIpc) is 3.97. The summed E-state index contributed by atoms with van der Waals surface area (Å²) in [6.45, 7) is 9.45. The molecule has 344 valence electrons. The van der Waals surface area contributed by atoms with Crippen LogP contribution in [0.4, 0.5) is 28.9 Å². The van der Waals surface area contributed by atoms with Gasteiger partial charge in [-0.2, -0.15) is 0 Å². The summed E-state index contributed by atoms with van der Waals surface area (Å²) >= 11 is 0. The lowest BCUT2D eigenvalue weighted by atomic mass is 9.84. The van der Waals surface area contributed by atoms with Gasteiger partial charge in [-0.05, 0) is 87.3 Å². The van der Waals surface area contributed by atoms with Crippen molar-refractivity contribution in [3.63, 3.8) is 0 Å². The van der Waals surface area contributed by atoms with E-state index in [1.165, 1.54) is 17.0 Å². The van der Waals surface area contributed by atoms with Crippen LogP contribution in [-0.4, -0.2) is 132 Å². The molecule has 12 nitrogen and oxygen atoms in total. The molecule has 0 aliphatic carbocycles. The standard InChI is InChI=1S/C49H55F4N7O5/c1-28-7-9-41(46(62)54-28)59-23-36-34(47(59)63)8-10-40-45(36)64-25-32-22-56(15-16-58(32)40)21-30-20-48(65-24-30)11-13-57(14-12-48)31-18-37(50)42(38(51)19-31)44-43-35(33-5-3-4-6-39(33)55-43)17-29(2)60(44)26-49(52,53)27-61/h3-6,8,10,18-19,29-30,32,41,44,55,61H,1,7,9,11-17,20-27H2,2H3,(H,54,62)/t29-,30?,32-,41?,44-/m1/s1. The number of ether oxygens (including phenoxy) is 2. The molecule has 7 aliphatic rings. The molecule has 3 N–H and O–H groups in total. The van der Waals surface area contributed by atoms with Crippen LogP contribution in [0.15, 0.2) is 60.8 Å². The molecule has 3 aromatic carbocycles. The van der Waals surface area contributed by atoms with E-state index in [4.69, 9.17) is 9.47 Å². The molecule has 1 aromatic heterocycles. The van der Waals surface area contributed by atoms with Gasteiger partial charge in [-0.25, -0.2) is 17.6 Å². The van der Waals surface area contributed by atoms with Crippen LogP contribution in [0, 0.1) is 17.6 Å². The SMILES string of the molecule is C=C1CCC(N2Cc3c(ccc4c3OC[C@H]3CN(CC5COC6(CCN(c7cc(F)c([C@@H]8c9[nH]c%10ccccc%10c9C[C@@H](C)N8CC(F)(F)CO)c(F)c7)CC6)C5)CCN43)C2=O)C(=O)N1. The van der Waals surface area contributed by atoms with E-state index in [-0.39, 0.29) is 29.0 Å². The number of para-hydroxylation sites is 1. The Labute approximate surface area is 375 Å². The molecule has 0 radical (unpaired) electrons. The number of carbonyl (C=O) groups is 2. The molecule has 4 fully saturated rings. The summed E-state index contributed by atoms with van der Waals surface area (Å²) in [6, 6.07) is 12.1. The molecular weight excluding hydrogens is 843 g/mol. The summed E-state index contributed by atoms with van der Waals surface area (Å²) in [5.41, 5.74) is 5.06. The van der Waals surface area contributed by atoms with Crippen LogP contribution in [0.2, 0.25) is 0 Å². The number of hydrogen-bond acceptors (Lipinski definition) is 9. The first-order chi connectivity index (χ1) is 31.3. The van der Waals surface area contributed by atoms with Crippen molar-refractivity contribution >= 4 is 34.1 Å². The first-order valence-corrected chi connectivity index (χ1v) is 23.1. The van der Waals surface area contributed by atoms with E-state index in [2.05, 4.69) is 26.7 Å². The van der Waals surface area contributed by atoms with Crippen LogP contribution in [0.25, 0.3) is 10.9 Å². The largest absolute Gasteiger partial charge is 0.489 e. The number of benzene rings is 3. The van der Waals surface area contributed by atoms with Crippen LogP contribution >= 0.6 is 0 Å². The molecular formula is C49H55F4N7O5. The number of aliphatic hydroxyl groups excluding tert-OH is 1. The Kier molecular flexibility index (Phi) is 10.5. The van der Waals surface area contributed by atoms with Crippen molar-refractivity contribution in [3.8, 4) is 5.75 Å². The maximum atomic E-state index is 16.5. The number of aromatic amines is 1. The molecule has 8 heterocycles. The summed E-state index contributed by atoms with van der Waals surface area (Å²) in [6.07, 6.45) is 3.93. The Morgan fingerprint density at radius 3 is 2.54 bits per heavy atom. The Morgan fingerprint density at radius 2 is 1.77 bits per heavy atom. The first kappa shape index (κ1) is 42.5. The van der Waals surface area contributed by atoms with Gasteiger partial charge in [0.15, 0.2) is 0 Å². The minimum Gasteiger partial charge on any atom is -0.489 e. The maximum Gasteiger partial charge on any atom is 0.283 e. The predicted octanol–water partition coefficient (Wildman–Crippen LogP) is 6.12. The summed E-state index contributed by atoms with van der Waals surface area (Å²) in [7, 11) is 0. The molecule has 0 saturated carbocycles. The summed E-state index contributed by atoms with van der Waals surface area (Å²) in [5.74, 6) is -4.31. The van der Waals surface area contributed by atoms with Gasteiger partial charge in [0.25, 0.3) is 11.8 Å². The van der Waals surface area contributed by atoms with Gasteiger partial charge in [0, 0.05) is 90.0 Å². The maximum absolute atomic E-state index is 16.5. The van der Waals surface area contributed by atoms with Gasteiger partial charge in [-0.3, -0.25) is 19.4 Å². The van der Waals surface area contributed by atoms with Crippen LogP contribution in [0.3, 0.4) is 0 Å². The highest BCUT2D eigenvalue weighted by atomic mass is 19.3. The zero-order valence-electron chi connectivity index (χ0n) is 36.6. The molecule has 11 rings (SSSR count). The number of alkyl halides is 2. The van der Waals surface area contributed by atoms with E-state index in [0.717, 1.165) is 66.1 Å².